The summed E-state index contributed by atoms with van der Waals surface area (Å²) in [6.07, 6.45) is 0. The number of thioether (sulfide) groups is 1. The Morgan fingerprint density at radius 1 is 1.41 bits per heavy atom. The summed E-state index contributed by atoms with van der Waals surface area (Å²) in [4.78, 5) is 10.5. The third-order valence-electron chi connectivity index (χ3n) is 1.67. The molecule has 0 heterocycles. The summed E-state index contributed by atoms with van der Waals surface area (Å²) in [5.41, 5.74) is 11.2. The summed E-state index contributed by atoms with van der Waals surface area (Å²) in [6, 6.07) is 7.24. The van der Waals surface area contributed by atoms with Gasteiger partial charge in [0, 0.05) is 5.75 Å². The molecule has 1 aromatic rings. The largest absolute Gasteiger partial charge is 0.484 e. The van der Waals surface area contributed by atoms with Gasteiger partial charge in [-0.25, -0.2) is 0 Å². The van der Waals surface area contributed by atoms with Crippen LogP contribution in [0.15, 0.2) is 24.3 Å². The lowest BCUT2D eigenvalue weighted by atomic mass is 10.2. The van der Waals surface area contributed by atoms with Gasteiger partial charge in [0.05, 0.1) is 0 Å². The van der Waals surface area contributed by atoms with Crippen molar-refractivity contribution in [2.24, 2.45) is 11.5 Å². The first kappa shape index (κ1) is 15.6. The van der Waals surface area contributed by atoms with Crippen molar-refractivity contribution in [3.8, 4) is 5.75 Å². The van der Waals surface area contributed by atoms with Crippen molar-refractivity contribution in [1.82, 2.24) is 0 Å². The maximum Gasteiger partial charge on any atom is 0.255 e. The van der Waals surface area contributed by atoms with Gasteiger partial charge >= 0.3 is 0 Å². The maximum absolute atomic E-state index is 10.5. The molecule has 0 radical (unpaired) electrons. The number of rotatable bonds is 5. The third-order valence-corrected chi connectivity index (χ3v) is 2.46. The number of primary amides is 1. The quantitative estimate of drug-likeness (QED) is 0.553. The molecule has 0 aromatic heterocycles. The highest BCUT2D eigenvalue weighted by Gasteiger charge is 2.00. The fourth-order valence-corrected chi connectivity index (χ4v) is 1.54. The van der Waals surface area contributed by atoms with Gasteiger partial charge < -0.3 is 16.2 Å². The topological polar surface area (TPSA) is 102 Å². The van der Waals surface area contributed by atoms with Crippen LogP contribution in [0.3, 0.4) is 0 Å². The summed E-state index contributed by atoms with van der Waals surface area (Å²) < 4.78 is 5.15. The van der Waals surface area contributed by atoms with Crippen molar-refractivity contribution in [2.45, 2.75) is 5.75 Å². The van der Waals surface area contributed by atoms with Crippen LogP contribution < -0.4 is 16.2 Å². The van der Waals surface area contributed by atoms with Crippen LogP contribution in [0, 0.1) is 5.41 Å². The van der Waals surface area contributed by atoms with Crippen molar-refractivity contribution in [3.63, 3.8) is 0 Å². The molecule has 1 aromatic carbocycles. The molecule has 0 fully saturated rings. The fraction of sp³-hybridized carbons (Fsp3) is 0.200. The van der Waals surface area contributed by atoms with Crippen LogP contribution in [-0.4, -0.2) is 17.7 Å². The molecule has 94 valence electrons. The molecule has 17 heavy (non-hydrogen) atoms. The van der Waals surface area contributed by atoms with E-state index in [0.717, 1.165) is 5.56 Å². The zero-order valence-corrected chi connectivity index (χ0v) is 10.6. The first-order valence-corrected chi connectivity index (χ1v) is 5.53. The Balaban J connectivity index is 0.00000256. The molecule has 1 rings (SSSR count). The van der Waals surface area contributed by atoms with E-state index in [1.165, 1.54) is 11.8 Å². The average Bonchev–Trinajstić information content (AvgIpc) is 2.24. The lowest BCUT2D eigenvalue weighted by molar-refractivity contribution is -0.119. The third kappa shape index (κ3) is 6.70. The number of hydrogen-bond donors (Lipinski definition) is 3. The molecular formula is C10H14ClN3O2S. The van der Waals surface area contributed by atoms with Crippen LogP contribution >= 0.6 is 24.2 Å². The minimum Gasteiger partial charge on any atom is -0.484 e. The molecule has 0 aliphatic heterocycles. The van der Waals surface area contributed by atoms with E-state index < -0.39 is 5.91 Å². The lowest BCUT2D eigenvalue weighted by Gasteiger charge is -2.05. The molecule has 0 spiro atoms. The number of nitrogens with two attached hydrogens (primary N) is 2. The Morgan fingerprint density at radius 2 is 2.12 bits per heavy atom. The Morgan fingerprint density at radius 3 is 2.71 bits per heavy atom. The maximum atomic E-state index is 10.5. The zero-order valence-electron chi connectivity index (χ0n) is 9.01. The molecular weight excluding hydrogens is 262 g/mol. The van der Waals surface area contributed by atoms with E-state index in [4.69, 9.17) is 21.6 Å². The number of amides is 1. The van der Waals surface area contributed by atoms with E-state index in [-0.39, 0.29) is 24.2 Å². The molecule has 0 aliphatic carbocycles. The molecule has 0 unspecified atom stereocenters. The molecule has 1 amide bonds. The molecule has 0 saturated carbocycles. The number of carbonyl (C=O) groups is 1. The number of hydrogen-bond acceptors (Lipinski definition) is 4. The summed E-state index contributed by atoms with van der Waals surface area (Å²) in [7, 11) is 0. The van der Waals surface area contributed by atoms with Crippen LogP contribution in [0.4, 0.5) is 0 Å². The SMILES string of the molecule is Cl.N=C(N)SCc1cccc(OCC(N)=O)c1. The zero-order chi connectivity index (χ0) is 12.0. The van der Waals surface area contributed by atoms with Gasteiger partial charge in [0.15, 0.2) is 11.8 Å². The predicted octanol–water partition coefficient (Wildman–Crippen LogP) is 1.10. The first-order valence-electron chi connectivity index (χ1n) is 4.55. The fourth-order valence-electron chi connectivity index (χ4n) is 1.04. The Kier molecular flexibility index (Phi) is 7.16. The second-order valence-corrected chi connectivity index (χ2v) is 4.07. The van der Waals surface area contributed by atoms with Crippen molar-refractivity contribution in [3.05, 3.63) is 29.8 Å². The van der Waals surface area contributed by atoms with Gasteiger partial charge in [0.25, 0.3) is 5.91 Å². The van der Waals surface area contributed by atoms with E-state index in [1.807, 2.05) is 12.1 Å². The van der Waals surface area contributed by atoms with Gasteiger partial charge in [-0.15, -0.1) is 12.4 Å². The highest BCUT2D eigenvalue weighted by atomic mass is 35.5. The van der Waals surface area contributed by atoms with E-state index in [0.29, 0.717) is 11.5 Å². The summed E-state index contributed by atoms with van der Waals surface area (Å²) >= 11 is 1.23. The van der Waals surface area contributed by atoms with Crippen LogP contribution in [0.25, 0.3) is 0 Å². The van der Waals surface area contributed by atoms with Gasteiger partial charge in [-0.3, -0.25) is 10.2 Å². The molecule has 0 saturated heterocycles. The van der Waals surface area contributed by atoms with Crippen LogP contribution in [0.2, 0.25) is 0 Å². The van der Waals surface area contributed by atoms with Crippen molar-refractivity contribution in [1.29, 1.82) is 5.41 Å². The molecule has 0 atom stereocenters. The van der Waals surface area contributed by atoms with E-state index in [2.05, 4.69) is 0 Å². The highest BCUT2D eigenvalue weighted by Crippen LogP contribution is 2.17. The van der Waals surface area contributed by atoms with Crippen molar-refractivity contribution < 1.29 is 9.53 Å². The second-order valence-electron chi connectivity index (χ2n) is 3.06. The van der Waals surface area contributed by atoms with Gasteiger partial charge in [-0.1, -0.05) is 23.9 Å². The smallest absolute Gasteiger partial charge is 0.255 e. The summed E-state index contributed by atoms with van der Waals surface area (Å²) in [5, 5.41) is 7.16. The average molecular weight is 276 g/mol. The summed E-state index contributed by atoms with van der Waals surface area (Å²) in [5.74, 6) is 0.673. The molecule has 0 bridgehead atoms. The van der Waals surface area contributed by atoms with E-state index in [9.17, 15) is 4.79 Å². The molecule has 7 heteroatoms. The highest BCUT2D eigenvalue weighted by molar-refractivity contribution is 8.13. The standard InChI is InChI=1S/C10H13N3O2S.ClH/c11-9(14)5-15-8-3-1-2-7(4-8)6-16-10(12)13;/h1-4H,5-6H2,(H2,11,14)(H3,12,13);1H. The monoisotopic (exact) mass is 275 g/mol. The predicted molar refractivity (Wildman–Crippen MR) is 71.6 cm³/mol. The van der Waals surface area contributed by atoms with Gasteiger partial charge in [-0.2, -0.15) is 0 Å². The minimum atomic E-state index is -0.511. The number of nitrogens with one attached hydrogen (secondary N) is 1. The number of amidine groups is 1. The van der Waals surface area contributed by atoms with Crippen molar-refractivity contribution in [2.75, 3.05) is 6.61 Å². The second kappa shape index (κ2) is 7.81. The van der Waals surface area contributed by atoms with Crippen molar-refractivity contribution >= 4 is 35.2 Å². The lowest BCUT2D eigenvalue weighted by Crippen LogP contribution is -2.20. The number of halogens is 1. The van der Waals surface area contributed by atoms with Gasteiger partial charge in [0.2, 0.25) is 0 Å². The van der Waals surface area contributed by atoms with E-state index in [1.54, 1.807) is 12.1 Å². The Labute approximate surface area is 110 Å². The molecule has 5 nitrogen and oxygen atoms in total. The number of ether oxygens (including phenoxy) is 1. The van der Waals surface area contributed by atoms with E-state index >= 15 is 0 Å². The van der Waals surface area contributed by atoms with Gasteiger partial charge in [0.1, 0.15) is 5.75 Å². The minimum absolute atomic E-state index is 0. The van der Waals surface area contributed by atoms with Gasteiger partial charge in [-0.05, 0) is 17.7 Å². The Bertz CT molecular complexity index is 368. The number of benzene rings is 1. The normalized spacial score (nSPS) is 9.18. The Hall–Kier alpha value is -1.40. The van der Waals surface area contributed by atoms with Crippen LogP contribution in [0.5, 0.6) is 5.75 Å². The van der Waals surface area contributed by atoms with Crippen LogP contribution in [0.1, 0.15) is 5.56 Å². The first-order chi connectivity index (χ1) is 7.58. The number of carbonyl (C=O) groups excluding carboxylic acids is 1. The molecule has 5 N–H and O–H groups in total. The molecule has 0 aliphatic rings. The van der Waals surface area contributed by atoms with Crippen LogP contribution in [-0.2, 0) is 10.5 Å². The summed E-state index contributed by atoms with van der Waals surface area (Å²) in [6.45, 7) is -0.136.